The molecular formula is C11H9NO4S. The highest BCUT2D eigenvalue weighted by atomic mass is 32.2. The van der Waals surface area contributed by atoms with Crippen LogP contribution in [-0.2, 0) is 9.84 Å². The van der Waals surface area contributed by atoms with Crippen LogP contribution >= 0.6 is 0 Å². The summed E-state index contributed by atoms with van der Waals surface area (Å²) in [6.45, 7) is 0. The number of rotatable bonds is 2. The first-order chi connectivity index (χ1) is 8.03. The van der Waals surface area contributed by atoms with Gasteiger partial charge in [0.05, 0.1) is 4.90 Å². The van der Waals surface area contributed by atoms with Gasteiger partial charge < -0.3 is 5.21 Å². The number of hydrogen-bond acceptors (Lipinski definition) is 4. The van der Waals surface area contributed by atoms with Crippen molar-refractivity contribution < 1.29 is 13.6 Å². The SMILES string of the molecule is O=c1cccc(S(=O)(=O)c2ccccc2)n1O. The largest absolute Gasteiger partial charge is 0.424 e. The maximum absolute atomic E-state index is 12.1. The molecule has 0 amide bonds. The van der Waals surface area contributed by atoms with Crippen molar-refractivity contribution >= 4 is 9.84 Å². The molecule has 0 radical (unpaired) electrons. The molecule has 0 aliphatic carbocycles. The van der Waals surface area contributed by atoms with Crippen LogP contribution in [0, 0.1) is 0 Å². The lowest BCUT2D eigenvalue weighted by Crippen LogP contribution is -2.22. The third kappa shape index (κ3) is 1.94. The van der Waals surface area contributed by atoms with Crippen LogP contribution in [0.5, 0.6) is 0 Å². The summed E-state index contributed by atoms with van der Waals surface area (Å²) in [7, 11) is -3.88. The zero-order chi connectivity index (χ0) is 12.5. The van der Waals surface area contributed by atoms with Gasteiger partial charge in [0, 0.05) is 6.07 Å². The first-order valence-electron chi connectivity index (χ1n) is 4.75. The smallest absolute Gasteiger partial charge is 0.284 e. The molecule has 0 unspecified atom stereocenters. The second kappa shape index (κ2) is 4.06. The fraction of sp³-hybridized carbons (Fsp3) is 0. The Labute approximate surface area is 97.5 Å². The Kier molecular flexibility index (Phi) is 2.72. The van der Waals surface area contributed by atoms with Crippen LogP contribution in [0.15, 0.2) is 63.2 Å². The number of pyridine rings is 1. The molecule has 17 heavy (non-hydrogen) atoms. The van der Waals surface area contributed by atoms with Gasteiger partial charge in [0.15, 0.2) is 5.03 Å². The molecule has 1 aromatic heterocycles. The Morgan fingerprint density at radius 2 is 1.59 bits per heavy atom. The molecule has 0 fully saturated rings. The molecule has 0 saturated heterocycles. The Bertz CT molecular complexity index is 689. The summed E-state index contributed by atoms with van der Waals surface area (Å²) < 4.78 is 24.3. The number of benzene rings is 1. The summed E-state index contributed by atoms with van der Waals surface area (Å²) in [5.74, 6) is 0. The second-order valence-corrected chi connectivity index (χ2v) is 5.23. The van der Waals surface area contributed by atoms with Gasteiger partial charge in [0.2, 0.25) is 9.84 Å². The van der Waals surface area contributed by atoms with E-state index in [1.807, 2.05) is 0 Å². The van der Waals surface area contributed by atoms with E-state index in [9.17, 15) is 18.4 Å². The Morgan fingerprint density at radius 3 is 2.24 bits per heavy atom. The van der Waals surface area contributed by atoms with Crippen LogP contribution < -0.4 is 5.56 Å². The zero-order valence-corrected chi connectivity index (χ0v) is 9.46. The lowest BCUT2D eigenvalue weighted by Gasteiger charge is -2.06. The normalized spacial score (nSPS) is 11.3. The average Bonchev–Trinajstić information content (AvgIpc) is 2.33. The molecule has 1 N–H and O–H groups in total. The van der Waals surface area contributed by atoms with Crippen LogP contribution in [0.1, 0.15) is 0 Å². The molecule has 1 aromatic carbocycles. The highest BCUT2D eigenvalue weighted by Crippen LogP contribution is 2.18. The summed E-state index contributed by atoms with van der Waals surface area (Å²) in [6.07, 6.45) is 0. The van der Waals surface area contributed by atoms with E-state index >= 15 is 0 Å². The summed E-state index contributed by atoms with van der Waals surface area (Å²) in [5, 5.41) is 8.97. The van der Waals surface area contributed by atoms with E-state index in [1.54, 1.807) is 18.2 Å². The zero-order valence-electron chi connectivity index (χ0n) is 8.65. The number of sulfone groups is 1. The Morgan fingerprint density at radius 1 is 0.941 bits per heavy atom. The average molecular weight is 251 g/mol. The van der Waals surface area contributed by atoms with Gasteiger partial charge in [0.25, 0.3) is 5.56 Å². The van der Waals surface area contributed by atoms with E-state index in [2.05, 4.69) is 0 Å². The molecule has 0 aliphatic heterocycles. The molecular weight excluding hydrogens is 242 g/mol. The van der Waals surface area contributed by atoms with Gasteiger partial charge in [-0.05, 0) is 18.2 Å². The van der Waals surface area contributed by atoms with Crippen LogP contribution in [-0.4, -0.2) is 18.4 Å². The van der Waals surface area contributed by atoms with Crippen LogP contribution in [0.2, 0.25) is 0 Å². The van der Waals surface area contributed by atoms with E-state index < -0.39 is 20.4 Å². The Balaban J connectivity index is 2.69. The topological polar surface area (TPSA) is 76.4 Å². The van der Waals surface area contributed by atoms with Crippen LogP contribution in [0.4, 0.5) is 0 Å². The summed E-state index contributed by atoms with van der Waals surface area (Å²) in [6, 6.07) is 11.1. The van der Waals surface area contributed by atoms with Crippen LogP contribution in [0.25, 0.3) is 0 Å². The number of hydrogen-bond donors (Lipinski definition) is 1. The molecule has 88 valence electrons. The van der Waals surface area contributed by atoms with Crippen molar-refractivity contribution in [2.24, 2.45) is 0 Å². The van der Waals surface area contributed by atoms with Gasteiger partial charge >= 0.3 is 0 Å². The van der Waals surface area contributed by atoms with Gasteiger partial charge in [-0.25, -0.2) is 8.42 Å². The van der Waals surface area contributed by atoms with Crippen LogP contribution in [0.3, 0.4) is 0 Å². The first kappa shape index (κ1) is 11.4. The van der Waals surface area contributed by atoms with Crippen molar-refractivity contribution in [1.29, 1.82) is 0 Å². The fourth-order valence-corrected chi connectivity index (χ4v) is 2.72. The quantitative estimate of drug-likeness (QED) is 0.805. The van der Waals surface area contributed by atoms with E-state index in [0.717, 1.165) is 6.07 Å². The molecule has 6 heteroatoms. The molecule has 2 rings (SSSR count). The predicted octanol–water partition coefficient (Wildman–Crippen LogP) is 0.918. The maximum Gasteiger partial charge on any atom is 0.284 e. The van der Waals surface area contributed by atoms with E-state index in [-0.39, 0.29) is 9.63 Å². The minimum Gasteiger partial charge on any atom is -0.424 e. The molecule has 1 heterocycles. The maximum atomic E-state index is 12.1. The molecule has 0 aliphatic rings. The third-order valence-electron chi connectivity index (χ3n) is 2.22. The second-order valence-electron chi connectivity index (χ2n) is 3.33. The molecule has 0 bridgehead atoms. The lowest BCUT2D eigenvalue weighted by atomic mass is 10.4. The summed E-state index contributed by atoms with van der Waals surface area (Å²) in [4.78, 5) is 11.2. The van der Waals surface area contributed by atoms with E-state index in [0.29, 0.717) is 0 Å². The molecule has 2 aromatic rings. The van der Waals surface area contributed by atoms with Gasteiger partial charge in [-0.15, -0.1) is 4.73 Å². The lowest BCUT2D eigenvalue weighted by molar-refractivity contribution is 0.148. The fourth-order valence-electron chi connectivity index (χ4n) is 1.39. The van der Waals surface area contributed by atoms with Crippen molar-refractivity contribution in [1.82, 2.24) is 4.73 Å². The van der Waals surface area contributed by atoms with Crippen molar-refractivity contribution in [3.8, 4) is 0 Å². The van der Waals surface area contributed by atoms with Crippen molar-refractivity contribution in [3.05, 3.63) is 58.9 Å². The van der Waals surface area contributed by atoms with Crippen molar-refractivity contribution in [3.63, 3.8) is 0 Å². The standard InChI is InChI=1S/C11H9NO4S/c13-10-7-4-8-11(12(10)14)17(15,16)9-5-2-1-3-6-9/h1-8,14H. The molecule has 0 spiro atoms. The van der Waals surface area contributed by atoms with Gasteiger partial charge in [-0.1, -0.05) is 24.3 Å². The van der Waals surface area contributed by atoms with Crippen molar-refractivity contribution in [2.45, 2.75) is 9.92 Å². The highest BCUT2D eigenvalue weighted by Gasteiger charge is 2.21. The minimum atomic E-state index is -3.88. The minimum absolute atomic E-state index is 0.0217. The van der Waals surface area contributed by atoms with E-state index in [1.165, 1.54) is 24.3 Å². The molecule has 0 atom stereocenters. The van der Waals surface area contributed by atoms with E-state index in [4.69, 9.17) is 0 Å². The van der Waals surface area contributed by atoms with Gasteiger partial charge in [0.1, 0.15) is 0 Å². The predicted molar refractivity (Wildman–Crippen MR) is 59.8 cm³/mol. The molecule has 0 saturated carbocycles. The first-order valence-corrected chi connectivity index (χ1v) is 6.23. The van der Waals surface area contributed by atoms with Crippen molar-refractivity contribution in [2.75, 3.05) is 0 Å². The third-order valence-corrected chi connectivity index (χ3v) is 3.98. The summed E-state index contributed by atoms with van der Waals surface area (Å²) >= 11 is 0. The Hall–Kier alpha value is -2.08. The number of aromatic nitrogens is 1. The van der Waals surface area contributed by atoms with Gasteiger partial charge in [-0.3, -0.25) is 4.79 Å². The highest BCUT2D eigenvalue weighted by molar-refractivity contribution is 7.91. The van der Waals surface area contributed by atoms with Gasteiger partial charge in [-0.2, -0.15) is 0 Å². The number of nitrogens with zero attached hydrogens (tertiary/aromatic N) is 1. The summed E-state index contributed by atoms with van der Waals surface area (Å²) in [5.41, 5.74) is -0.790. The monoisotopic (exact) mass is 251 g/mol. The molecule has 5 nitrogen and oxygen atoms in total.